The second-order valence-corrected chi connectivity index (χ2v) is 5.64. The molecule has 3 aromatic rings. The number of nitrogens with two attached hydrogens (primary N) is 1. The summed E-state index contributed by atoms with van der Waals surface area (Å²) in [7, 11) is 0. The van der Waals surface area contributed by atoms with Crippen LogP contribution < -0.4 is 16.7 Å². The summed E-state index contributed by atoms with van der Waals surface area (Å²) in [5, 5.41) is 0.755. The molecular weight excluding hydrogens is 312 g/mol. The van der Waals surface area contributed by atoms with Gasteiger partial charge in [0.15, 0.2) is 0 Å². The quantitative estimate of drug-likeness (QED) is 0.770. The molecule has 0 bridgehead atoms. The van der Waals surface area contributed by atoms with Gasteiger partial charge in [-0.1, -0.05) is 42.8 Å². The van der Waals surface area contributed by atoms with E-state index in [2.05, 4.69) is 10.4 Å². The van der Waals surface area contributed by atoms with Gasteiger partial charge in [0.25, 0.3) is 5.56 Å². The molecule has 6 heteroatoms. The van der Waals surface area contributed by atoms with Crippen molar-refractivity contribution in [2.24, 2.45) is 5.73 Å². The lowest BCUT2D eigenvalue weighted by molar-refractivity contribution is 0.608. The fourth-order valence-electron chi connectivity index (χ4n) is 2.39. The molecule has 0 saturated heterocycles. The highest BCUT2D eigenvalue weighted by Gasteiger charge is 2.17. The Kier molecular flexibility index (Phi) is 4.32. The molecule has 5 nitrogen and oxygen atoms in total. The molecule has 3 N–H and O–H groups in total. The van der Waals surface area contributed by atoms with Crippen molar-refractivity contribution in [3.8, 4) is 0 Å². The van der Waals surface area contributed by atoms with Gasteiger partial charge in [0, 0.05) is 0 Å². The topological polar surface area (TPSA) is 72.9 Å². The Hall–Kier alpha value is -2.37. The fraction of sp³-hybridized carbons (Fsp3) is 0.176. The summed E-state index contributed by atoms with van der Waals surface area (Å²) in [5.41, 5.74) is 10.3. The SMILES string of the molecule is CCC(N)c1nc2cccc(Cl)c2c(=O)n1Nc1ccccc1. The second-order valence-electron chi connectivity index (χ2n) is 5.24. The number of anilines is 1. The maximum absolute atomic E-state index is 12.9. The van der Waals surface area contributed by atoms with Crippen LogP contribution in [0.15, 0.2) is 53.3 Å². The van der Waals surface area contributed by atoms with Crippen molar-refractivity contribution in [3.63, 3.8) is 0 Å². The number of nitrogens with one attached hydrogen (secondary N) is 1. The smallest absolute Gasteiger partial charge is 0.281 e. The summed E-state index contributed by atoms with van der Waals surface area (Å²) in [6.45, 7) is 1.95. The number of hydrogen-bond acceptors (Lipinski definition) is 4. The molecule has 0 saturated carbocycles. The molecule has 0 aliphatic carbocycles. The highest BCUT2D eigenvalue weighted by atomic mass is 35.5. The third-order valence-corrected chi connectivity index (χ3v) is 3.97. The van der Waals surface area contributed by atoms with Gasteiger partial charge in [-0.2, -0.15) is 0 Å². The van der Waals surface area contributed by atoms with Crippen LogP contribution in [0.3, 0.4) is 0 Å². The number of benzene rings is 2. The van der Waals surface area contributed by atoms with Crippen molar-refractivity contribution in [1.29, 1.82) is 0 Å². The van der Waals surface area contributed by atoms with E-state index in [9.17, 15) is 4.79 Å². The van der Waals surface area contributed by atoms with Gasteiger partial charge in [-0.05, 0) is 30.7 Å². The number of hydrogen-bond donors (Lipinski definition) is 2. The number of para-hydroxylation sites is 1. The van der Waals surface area contributed by atoms with Crippen LogP contribution in [-0.4, -0.2) is 9.66 Å². The third-order valence-electron chi connectivity index (χ3n) is 3.66. The predicted octanol–water partition coefficient (Wildman–Crippen LogP) is 3.33. The predicted molar refractivity (Wildman–Crippen MR) is 93.7 cm³/mol. The van der Waals surface area contributed by atoms with E-state index in [4.69, 9.17) is 17.3 Å². The van der Waals surface area contributed by atoms with Gasteiger partial charge in [0.05, 0.1) is 27.7 Å². The van der Waals surface area contributed by atoms with Gasteiger partial charge in [0.2, 0.25) is 0 Å². The molecule has 0 aliphatic rings. The van der Waals surface area contributed by atoms with Crippen LogP contribution in [0.1, 0.15) is 25.2 Å². The van der Waals surface area contributed by atoms with Crippen LogP contribution in [0.4, 0.5) is 5.69 Å². The second kappa shape index (κ2) is 6.40. The third kappa shape index (κ3) is 2.93. The Morgan fingerprint density at radius 2 is 1.96 bits per heavy atom. The molecule has 0 fully saturated rings. The molecule has 1 aromatic heterocycles. The van der Waals surface area contributed by atoms with Crippen LogP contribution in [-0.2, 0) is 0 Å². The first kappa shape index (κ1) is 15.5. The minimum Gasteiger partial charge on any atom is -0.321 e. The minimum atomic E-state index is -0.359. The van der Waals surface area contributed by atoms with E-state index in [0.717, 1.165) is 5.69 Å². The Morgan fingerprint density at radius 1 is 1.22 bits per heavy atom. The van der Waals surface area contributed by atoms with Gasteiger partial charge in [-0.15, -0.1) is 0 Å². The highest BCUT2D eigenvalue weighted by Crippen LogP contribution is 2.21. The van der Waals surface area contributed by atoms with E-state index in [1.165, 1.54) is 4.68 Å². The van der Waals surface area contributed by atoms with Crippen LogP contribution >= 0.6 is 11.6 Å². The Morgan fingerprint density at radius 3 is 2.65 bits per heavy atom. The molecule has 118 valence electrons. The van der Waals surface area contributed by atoms with Gasteiger partial charge < -0.3 is 5.73 Å². The van der Waals surface area contributed by atoms with Crippen molar-refractivity contribution >= 4 is 28.2 Å². The number of fused-ring (bicyclic) bond motifs is 1. The highest BCUT2D eigenvalue weighted by molar-refractivity contribution is 6.35. The van der Waals surface area contributed by atoms with Crippen molar-refractivity contribution in [3.05, 3.63) is 69.7 Å². The summed E-state index contributed by atoms with van der Waals surface area (Å²) in [6.07, 6.45) is 0.662. The summed E-state index contributed by atoms with van der Waals surface area (Å²) < 4.78 is 1.39. The molecule has 23 heavy (non-hydrogen) atoms. The van der Waals surface area contributed by atoms with Gasteiger partial charge in [0.1, 0.15) is 5.82 Å². The maximum atomic E-state index is 12.9. The number of aromatic nitrogens is 2. The Balaban J connectivity index is 2.26. The molecule has 2 aromatic carbocycles. The molecule has 1 unspecified atom stereocenters. The van der Waals surface area contributed by atoms with E-state index >= 15 is 0 Å². The number of halogens is 1. The van der Waals surface area contributed by atoms with Crippen LogP contribution in [0.5, 0.6) is 0 Å². The summed E-state index contributed by atoms with van der Waals surface area (Å²) in [6, 6.07) is 14.3. The molecule has 3 rings (SSSR count). The minimum absolute atomic E-state index is 0.261. The standard InChI is InChI=1S/C17H17ClN4O/c1-2-13(19)16-20-14-10-6-9-12(18)15(14)17(23)22(16)21-11-7-4-3-5-8-11/h3-10,13,21H,2,19H2,1H3. The zero-order valence-corrected chi connectivity index (χ0v) is 13.4. The van der Waals surface area contributed by atoms with E-state index in [1.807, 2.05) is 37.3 Å². The zero-order valence-electron chi connectivity index (χ0n) is 12.7. The van der Waals surface area contributed by atoms with Gasteiger partial charge in [-0.25, -0.2) is 9.66 Å². The molecule has 0 amide bonds. The molecule has 0 spiro atoms. The first-order chi connectivity index (χ1) is 11.1. The fourth-order valence-corrected chi connectivity index (χ4v) is 2.64. The summed E-state index contributed by atoms with van der Waals surface area (Å²) in [4.78, 5) is 17.5. The van der Waals surface area contributed by atoms with Crippen molar-refractivity contribution in [1.82, 2.24) is 9.66 Å². The monoisotopic (exact) mass is 328 g/mol. The average molecular weight is 329 g/mol. The molecular formula is C17H17ClN4O. The van der Waals surface area contributed by atoms with Crippen molar-refractivity contribution in [2.75, 3.05) is 5.43 Å². The van der Waals surface area contributed by atoms with E-state index < -0.39 is 0 Å². The van der Waals surface area contributed by atoms with Crippen LogP contribution in [0.25, 0.3) is 10.9 Å². The lowest BCUT2D eigenvalue weighted by Crippen LogP contribution is -2.34. The van der Waals surface area contributed by atoms with Crippen LogP contribution in [0.2, 0.25) is 5.02 Å². The number of nitrogens with zero attached hydrogens (tertiary/aromatic N) is 2. The molecule has 0 aliphatic heterocycles. The first-order valence-electron chi connectivity index (χ1n) is 7.40. The van der Waals surface area contributed by atoms with E-state index in [0.29, 0.717) is 28.2 Å². The average Bonchev–Trinajstić information content (AvgIpc) is 2.57. The largest absolute Gasteiger partial charge is 0.321 e. The van der Waals surface area contributed by atoms with Crippen LogP contribution in [0, 0.1) is 0 Å². The van der Waals surface area contributed by atoms with Gasteiger partial charge in [-0.3, -0.25) is 10.2 Å². The lowest BCUT2D eigenvalue weighted by atomic mass is 10.2. The number of rotatable bonds is 4. The van der Waals surface area contributed by atoms with Crippen molar-refractivity contribution < 1.29 is 0 Å². The lowest BCUT2D eigenvalue weighted by Gasteiger charge is -2.19. The molecule has 0 radical (unpaired) electrons. The molecule has 1 heterocycles. The van der Waals surface area contributed by atoms with Gasteiger partial charge >= 0.3 is 0 Å². The zero-order chi connectivity index (χ0) is 16.4. The first-order valence-corrected chi connectivity index (χ1v) is 7.78. The Labute approximate surface area is 138 Å². The summed E-state index contributed by atoms with van der Waals surface area (Å²) >= 11 is 6.19. The normalized spacial score (nSPS) is 12.3. The van der Waals surface area contributed by atoms with E-state index in [1.54, 1.807) is 18.2 Å². The molecule has 1 atom stereocenters. The Bertz CT molecular complexity index is 892. The summed E-state index contributed by atoms with van der Waals surface area (Å²) in [5.74, 6) is 0.483. The van der Waals surface area contributed by atoms with Crippen molar-refractivity contribution in [2.45, 2.75) is 19.4 Å². The maximum Gasteiger partial charge on any atom is 0.281 e. The van der Waals surface area contributed by atoms with E-state index in [-0.39, 0.29) is 11.6 Å².